The number of aliphatic hydroxyl groups is 1. The number of rotatable bonds is 12. The molecular weight excluding hydrogens is 288 g/mol. The molecule has 1 heterocycles. The maximum Gasteiger partial charge on any atom is 0.0897 e. The van der Waals surface area contributed by atoms with Crippen LogP contribution in [0.3, 0.4) is 0 Å². The zero-order valence-electron chi connectivity index (χ0n) is 13.3. The largest absolute Gasteiger partial charge is 0.389 e. The summed E-state index contributed by atoms with van der Waals surface area (Å²) in [5.74, 6) is 0. The fourth-order valence-corrected chi connectivity index (χ4v) is 2.87. The monoisotopic (exact) mass is 316 g/mol. The molecule has 0 aliphatic rings. The standard InChI is InChI=1S/C15H28N2O3S/c1-4-5-13(9-19-3)16-8-14(18)10-20-7-6-15-12(2)17-11-21-15/h11,13-14,16,18H,4-10H2,1-3H3. The number of hydrogen-bond donors (Lipinski definition) is 2. The minimum Gasteiger partial charge on any atom is -0.389 e. The van der Waals surface area contributed by atoms with E-state index < -0.39 is 6.10 Å². The highest BCUT2D eigenvalue weighted by atomic mass is 32.1. The summed E-state index contributed by atoms with van der Waals surface area (Å²) in [4.78, 5) is 5.46. The molecule has 0 saturated heterocycles. The third kappa shape index (κ3) is 7.87. The quantitative estimate of drug-likeness (QED) is 0.576. The van der Waals surface area contributed by atoms with Crippen LogP contribution in [0.2, 0.25) is 0 Å². The number of nitrogens with zero attached hydrogens (tertiary/aromatic N) is 1. The van der Waals surface area contributed by atoms with Crippen LogP contribution in [0.4, 0.5) is 0 Å². The fraction of sp³-hybridized carbons (Fsp3) is 0.800. The van der Waals surface area contributed by atoms with E-state index in [2.05, 4.69) is 17.2 Å². The highest BCUT2D eigenvalue weighted by Crippen LogP contribution is 2.12. The zero-order valence-corrected chi connectivity index (χ0v) is 14.1. The second kappa shape index (κ2) is 11.1. The summed E-state index contributed by atoms with van der Waals surface area (Å²) in [6.07, 6.45) is 2.52. The summed E-state index contributed by atoms with van der Waals surface area (Å²) < 4.78 is 10.7. The summed E-state index contributed by atoms with van der Waals surface area (Å²) in [6, 6.07) is 0.300. The summed E-state index contributed by atoms with van der Waals surface area (Å²) in [5, 5.41) is 13.2. The van der Waals surface area contributed by atoms with Crippen molar-refractivity contribution >= 4 is 11.3 Å². The van der Waals surface area contributed by atoms with Crippen molar-refractivity contribution in [3.05, 3.63) is 16.1 Å². The van der Waals surface area contributed by atoms with Gasteiger partial charge in [0.15, 0.2) is 0 Å². The van der Waals surface area contributed by atoms with Gasteiger partial charge in [-0.3, -0.25) is 0 Å². The molecule has 0 aromatic carbocycles. The van der Waals surface area contributed by atoms with Crippen molar-refractivity contribution < 1.29 is 14.6 Å². The first-order chi connectivity index (χ1) is 10.2. The average Bonchev–Trinajstić information content (AvgIpc) is 2.87. The van der Waals surface area contributed by atoms with Crippen molar-refractivity contribution in [2.75, 3.05) is 33.5 Å². The molecule has 0 radical (unpaired) electrons. The summed E-state index contributed by atoms with van der Waals surface area (Å²) in [6.45, 7) is 6.34. The van der Waals surface area contributed by atoms with Gasteiger partial charge in [-0.25, -0.2) is 4.98 Å². The molecule has 0 spiro atoms. The van der Waals surface area contributed by atoms with E-state index in [1.165, 1.54) is 4.88 Å². The molecule has 2 atom stereocenters. The molecular formula is C15H28N2O3S. The molecule has 0 bridgehead atoms. The molecule has 6 heteroatoms. The number of methoxy groups -OCH3 is 1. The van der Waals surface area contributed by atoms with E-state index in [0.29, 0.717) is 32.4 Å². The second-order valence-electron chi connectivity index (χ2n) is 5.19. The van der Waals surface area contributed by atoms with Crippen molar-refractivity contribution in [1.29, 1.82) is 0 Å². The topological polar surface area (TPSA) is 63.6 Å². The molecule has 0 aliphatic carbocycles. The van der Waals surface area contributed by atoms with Crippen LogP contribution in [0, 0.1) is 6.92 Å². The Labute approximate surface area is 131 Å². The smallest absolute Gasteiger partial charge is 0.0897 e. The molecule has 21 heavy (non-hydrogen) atoms. The van der Waals surface area contributed by atoms with Gasteiger partial charge in [-0.15, -0.1) is 11.3 Å². The Morgan fingerprint density at radius 2 is 2.24 bits per heavy atom. The van der Waals surface area contributed by atoms with Crippen LogP contribution in [0.15, 0.2) is 5.51 Å². The first-order valence-electron chi connectivity index (χ1n) is 7.54. The molecule has 2 N–H and O–H groups in total. The third-order valence-corrected chi connectivity index (χ3v) is 4.27. The molecule has 1 aromatic heterocycles. The fourth-order valence-electron chi connectivity index (χ4n) is 2.11. The number of hydrogen-bond acceptors (Lipinski definition) is 6. The van der Waals surface area contributed by atoms with Gasteiger partial charge < -0.3 is 19.9 Å². The first kappa shape index (κ1) is 18.5. The van der Waals surface area contributed by atoms with E-state index in [9.17, 15) is 5.11 Å². The number of aryl methyl sites for hydroxylation is 1. The molecule has 1 rings (SSSR count). The lowest BCUT2D eigenvalue weighted by molar-refractivity contribution is 0.0348. The molecule has 5 nitrogen and oxygen atoms in total. The number of aromatic nitrogens is 1. The van der Waals surface area contributed by atoms with E-state index in [0.717, 1.165) is 25.0 Å². The second-order valence-corrected chi connectivity index (χ2v) is 6.13. The average molecular weight is 316 g/mol. The molecule has 122 valence electrons. The van der Waals surface area contributed by atoms with Gasteiger partial charge in [-0.05, 0) is 13.3 Å². The van der Waals surface area contributed by atoms with Crippen molar-refractivity contribution in [1.82, 2.24) is 10.3 Å². The molecule has 0 saturated carbocycles. The van der Waals surface area contributed by atoms with Gasteiger partial charge in [0.2, 0.25) is 0 Å². The Morgan fingerprint density at radius 1 is 1.43 bits per heavy atom. The van der Waals surface area contributed by atoms with E-state index in [4.69, 9.17) is 9.47 Å². The van der Waals surface area contributed by atoms with Crippen LogP contribution in [0.1, 0.15) is 30.3 Å². The first-order valence-corrected chi connectivity index (χ1v) is 8.42. The normalized spacial score (nSPS) is 14.3. The third-order valence-electron chi connectivity index (χ3n) is 3.28. The Hall–Kier alpha value is -0.530. The van der Waals surface area contributed by atoms with Gasteiger partial charge in [-0.1, -0.05) is 13.3 Å². The Morgan fingerprint density at radius 3 is 2.86 bits per heavy atom. The lowest BCUT2D eigenvalue weighted by atomic mass is 10.2. The summed E-state index contributed by atoms with van der Waals surface area (Å²) in [5.41, 5.74) is 2.93. The lowest BCUT2D eigenvalue weighted by Gasteiger charge is -2.19. The zero-order chi connectivity index (χ0) is 15.5. The van der Waals surface area contributed by atoms with Crippen molar-refractivity contribution in [3.8, 4) is 0 Å². The van der Waals surface area contributed by atoms with Gasteiger partial charge in [0.1, 0.15) is 0 Å². The summed E-state index contributed by atoms with van der Waals surface area (Å²) in [7, 11) is 1.70. The number of ether oxygens (including phenoxy) is 2. The maximum atomic E-state index is 9.91. The highest BCUT2D eigenvalue weighted by molar-refractivity contribution is 7.09. The number of nitrogens with one attached hydrogen (secondary N) is 1. The Bertz CT molecular complexity index is 368. The van der Waals surface area contributed by atoms with Crippen LogP contribution in [0.5, 0.6) is 0 Å². The highest BCUT2D eigenvalue weighted by Gasteiger charge is 2.10. The van der Waals surface area contributed by atoms with Crippen molar-refractivity contribution in [2.45, 2.75) is 45.3 Å². The van der Waals surface area contributed by atoms with Gasteiger partial charge in [0.25, 0.3) is 0 Å². The van der Waals surface area contributed by atoms with Crippen LogP contribution in [0.25, 0.3) is 0 Å². The van der Waals surface area contributed by atoms with E-state index in [1.54, 1.807) is 18.4 Å². The van der Waals surface area contributed by atoms with Crippen molar-refractivity contribution in [3.63, 3.8) is 0 Å². The van der Waals surface area contributed by atoms with E-state index in [-0.39, 0.29) is 0 Å². The molecule has 2 unspecified atom stereocenters. The lowest BCUT2D eigenvalue weighted by Crippen LogP contribution is -2.39. The van der Waals surface area contributed by atoms with Gasteiger partial charge >= 0.3 is 0 Å². The van der Waals surface area contributed by atoms with Crippen LogP contribution >= 0.6 is 11.3 Å². The predicted molar refractivity (Wildman–Crippen MR) is 86.0 cm³/mol. The Kier molecular flexibility index (Phi) is 9.78. The molecule has 0 aliphatic heterocycles. The van der Waals surface area contributed by atoms with Gasteiger partial charge in [0.05, 0.1) is 37.1 Å². The maximum absolute atomic E-state index is 9.91. The van der Waals surface area contributed by atoms with Crippen LogP contribution in [-0.2, 0) is 15.9 Å². The van der Waals surface area contributed by atoms with E-state index in [1.807, 2.05) is 12.4 Å². The predicted octanol–water partition coefficient (Wildman–Crippen LogP) is 1.78. The van der Waals surface area contributed by atoms with Crippen molar-refractivity contribution in [2.24, 2.45) is 0 Å². The summed E-state index contributed by atoms with van der Waals surface area (Å²) >= 11 is 1.65. The minimum absolute atomic E-state index is 0.300. The van der Waals surface area contributed by atoms with E-state index >= 15 is 0 Å². The number of thiazole rings is 1. The van der Waals surface area contributed by atoms with Gasteiger partial charge in [0, 0.05) is 31.0 Å². The van der Waals surface area contributed by atoms with Crippen LogP contribution in [-0.4, -0.2) is 55.7 Å². The molecule has 0 amide bonds. The molecule has 1 aromatic rings. The van der Waals surface area contributed by atoms with Crippen LogP contribution < -0.4 is 5.32 Å². The Balaban J connectivity index is 2.10. The minimum atomic E-state index is -0.483. The van der Waals surface area contributed by atoms with Gasteiger partial charge in [-0.2, -0.15) is 0 Å². The SMILES string of the molecule is CCCC(COC)NCC(O)COCCc1scnc1C. The number of aliphatic hydroxyl groups excluding tert-OH is 1. The molecule has 0 fully saturated rings.